The molecule has 0 radical (unpaired) electrons. The van der Waals surface area contributed by atoms with Gasteiger partial charge in [-0.2, -0.15) is 0 Å². The first-order valence-electron chi connectivity index (χ1n) is 8.54. The van der Waals surface area contributed by atoms with Crippen molar-refractivity contribution in [1.82, 2.24) is 9.80 Å². The van der Waals surface area contributed by atoms with Crippen molar-refractivity contribution in [1.29, 1.82) is 0 Å². The minimum atomic E-state index is 0.450. The van der Waals surface area contributed by atoms with Crippen molar-refractivity contribution in [2.45, 2.75) is 19.0 Å². The highest BCUT2D eigenvalue weighted by molar-refractivity contribution is 7.12. The molecule has 1 aromatic carbocycles. The zero-order valence-electron chi connectivity index (χ0n) is 14.0. The van der Waals surface area contributed by atoms with Crippen LogP contribution in [0.2, 0.25) is 5.02 Å². The Morgan fingerprint density at radius 1 is 1.21 bits per heavy atom. The monoisotopic (exact) mass is 362 g/mol. The van der Waals surface area contributed by atoms with Crippen molar-refractivity contribution in [3.05, 3.63) is 56.2 Å². The summed E-state index contributed by atoms with van der Waals surface area (Å²) in [5, 5.41) is 0.807. The van der Waals surface area contributed by atoms with E-state index >= 15 is 0 Å². The Hall–Kier alpha value is -0.910. The van der Waals surface area contributed by atoms with Crippen molar-refractivity contribution >= 4 is 22.9 Å². The maximum atomic E-state index is 6.07. The molecule has 4 rings (SSSR count). The van der Waals surface area contributed by atoms with Gasteiger partial charge in [-0.15, -0.1) is 11.3 Å². The zero-order chi connectivity index (χ0) is 16.5. The Bertz CT molecular complexity index is 694. The van der Waals surface area contributed by atoms with Crippen LogP contribution >= 0.6 is 22.9 Å². The van der Waals surface area contributed by atoms with Gasteiger partial charge in [0.05, 0.1) is 13.2 Å². The van der Waals surface area contributed by atoms with Crippen LogP contribution in [0.1, 0.15) is 26.8 Å². The van der Waals surface area contributed by atoms with Gasteiger partial charge in [0.2, 0.25) is 0 Å². The molecule has 128 valence electrons. The SMILES string of the molecule is CN1Cc2sc(CN3CCOCC3)cc2C(c2ccc(Cl)cc2)C1. The number of thiophene rings is 1. The maximum Gasteiger partial charge on any atom is 0.0594 e. The van der Waals surface area contributed by atoms with E-state index in [1.165, 1.54) is 20.9 Å². The number of rotatable bonds is 3. The molecule has 2 aliphatic rings. The van der Waals surface area contributed by atoms with Gasteiger partial charge < -0.3 is 9.64 Å². The van der Waals surface area contributed by atoms with Gasteiger partial charge in [-0.1, -0.05) is 23.7 Å². The number of nitrogens with zero attached hydrogens (tertiary/aromatic N) is 2. The lowest BCUT2D eigenvalue weighted by Gasteiger charge is -2.30. The Kier molecular flexibility index (Phi) is 4.93. The minimum absolute atomic E-state index is 0.450. The van der Waals surface area contributed by atoms with E-state index in [2.05, 4.69) is 35.0 Å². The van der Waals surface area contributed by atoms with E-state index in [0.29, 0.717) is 5.92 Å². The van der Waals surface area contributed by atoms with Gasteiger partial charge in [0, 0.05) is 53.4 Å². The molecule has 5 heteroatoms. The van der Waals surface area contributed by atoms with Crippen molar-refractivity contribution < 1.29 is 4.74 Å². The lowest BCUT2D eigenvalue weighted by Crippen LogP contribution is -2.35. The summed E-state index contributed by atoms with van der Waals surface area (Å²) in [6.07, 6.45) is 0. The smallest absolute Gasteiger partial charge is 0.0594 e. The largest absolute Gasteiger partial charge is 0.379 e. The fourth-order valence-corrected chi connectivity index (χ4v) is 5.16. The highest BCUT2D eigenvalue weighted by Gasteiger charge is 2.27. The van der Waals surface area contributed by atoms with E-state index in [4.69, 9.17) is 16.3 Å². The summed E-state index contributed by atoms with van der Waals surface area (Å²) in [5.74, 6) is 0.450. The van der Waals surface area contributed by atoms with Crippen LogP contribution in [0.3, 0.4) is 0 Å². The normalized spacial score (nSPS) is 22.5. The number of fused-ring (bicyclic) bond motifs is 1. The Morgan fingerprint density at radius 3 is 2.71 bits per heavy atom. The first-order valence-corrected chi connectivity index (χ1v) is 9.74. The third-order valence-electron chi connectivity index (χ3n) is 4.93. The number of benzene rings is 1. The predicted molar refractivity (Wildman–Crippen MR) is 100 cm³/mol. The van der Waals surface area contributed by atoms with Gasteiger partial charge >= 0.3 is 0 Å². The second-order valence-corrected chi connectivity index (χ2v) is 8.44. The van der Waals surface area contributed by atoms with Crippen molar-refractivity contribution in [2.75, 3.05) is 39.9 Å². The van der Waals surface area contributed by atoms with Crippen LogP contribution in [-0.4, -0.2) is 49.7 Å². The topological polar surface area (TPSA) is 15.7 Å². The molecule has 0 spiro atoms. The maximum absolute atomic E-state index is 6.07. The van der Waals surface area contributed by atoms with Crippen molar-refractivity contribution in [3.8, 4) is 0 Å². The molecule has 1 fully saturated rings. The van der Waals surface area contributed by atoms with Crippen LogP contribution in [0.25, 0.3) is 0 Å². The lowest BCUT2D eigenvalue weighted by molar-refractivity contribution is 0.0346. The summed E-state index contributed by atoms with van der Waals surface area (Å²) in [5.41, 5.74) is 2.88. The van der Waals surface area contributed by atoms with Crippen LogP contribution in [0.5, 0.6) is 0 Å². The molecule has 0 bridgehead atoms. The van der Waals surface area contributed by atoms with Crippen LogP contribution in [0, 0.1) is 0 Å². The molecule has 0 saturated carbocycles. The summed E-state index contributed by atoms with van der Waals surface area (Å²) in [4.78, 5) is 7.93. The Balaban J connectivity index is 1.59. The van der Waals surface area contributed by atoms with E-state index < -0.39 is 0 Å². The molecule has 0 amide bonds. The zero-order valence-corrected chi connectivity index (χ0v) is 15.6. The van der Waals surface area contributed by atoms with Gasteiger partial charge in [0.15, 0.2) is 0 Å². The number of halogens is 1. The summed E-state index contributed by atoms with van der Waals surface area (Å²) >= 11 is 8.05. The van der Waals surface area contributed by atoms with Crippen LogP contribution < -0.4 is 0 Å². The van der Waals surface area contributed by atoms with E-state index in [1.807, 2.05) is 23.5 Å². The van der Waals surface area contributed by atoms with Crippen LogP contribution in [-0.2, 0) is 17.8 Å². The first-order chi connectivity index (χ1) is 11.7. The molecule has 2 aromatic rings. The molecule has 0 aliphatic carbocycles. The van der Waals surface area contributed by atoms with Crippen LogP contribution in [0.15, 0.2) is 30.3 Å². The van der Waals surface area contributed by atoms with Crippen molar-refractivity contribution in [3.63, 3.8) is 0 Å². The number of hydrogen-bond donors (Lipinski definition) is 0. The van der Waals surface area contributed by atoms with E-state index in [9.17, 15) is 0 Å². The molecule has 2 aliphatic heterocycles. The van der Waals surface area contributed by atoms with Gasteiger partial charge in [0.1, 0.15) is 0 Å². The van der Waals surface area contributed by atoms with E-state index in [-0.39, 0.29) is 0 Å². The molecule has 24 heavy (non-hydrogen) atoms. The molecule has 1 aromatic heterocycles. The third kappa shape index (κ3) is 3.53. The van der Waals surface area contributed by atoms with Gasteiger partial charge in [-0.3, -0.25) is 4.90 Å². The fraction of sp³-hybridized carbons (Fsp3) is 0.474. The number of morpholine rings is 1. The predicted octanol–water partition coefficient (Wildman–Crippen LogP) is 3.81. The second kappa shape index (κ2) is 7.14. The number of ether oxygens (including phenoxy) is 1. The fourth-order valence-electron chi connectivity index (χ4n) is 3.68. The summed E-state index contributed by atoms with van der Waals surface area (Å²) < 4.78 is 5.46. The van der Waals surface area contributed by atoms with Gasteiger partial charge in [-0.25, -0.2) is 0 Å². The summed E-state index contributed by atoms with van der Waals surface area (Å²) in [6.45, 7) is 7.00. The van der Waals surface area contributed by atoms with Crippen molar-refractivity contribution in [2.24, 2.45) is 0 Å². The average molecular weight is 363 g/mol. The first kappa shape index (κ1) is 16.6. The van der Waals surface area contributed by atoms with E-state index in [0.717, 1.165) is 51.0 Å². The molecular weight excluding hydrogens is 340 g/mol. The highest BCUT2D eigenvalue weighted by Crippen LogP contribution is 2.38. The molecule has 1 saturated heterocycles. The second-order valence-electron chi connectivity index (χ2n) is 6.78. The van der Waals surface area contributed by atoms with Gasteiger partial charge in [0.25, 0.3) is 0 Å². The standard InChI is InChI=1S/C19H23ClN2OS/c1-21-12-18(14-2-4-15(20)5-3-14)17-10-16(24-19(17)13-21)11-22-6-8-23-9-7-22/h2-5,10,18H,6-9,11-13H2,1H3. The summed E-state index contributed by atoms with van der Waals surface area (Å²) in [6, 6.07) is 10.8. The molecule has 3 nitrogen and oxygen atoms in total. The Labute approximate surface area is 152 Å². The quantitative estimate of drug-likeness (QED) is 0.825. The summed E-state index contributed by atoms with van der Waals surface area (Å²) in [7, 11) is 2.22. The molecule has 1 atom stereocenters. The lowest BCUT2D eigenvalue weighted by atomic mass is 9.88. The number of hydrogen-bond acceptors (Lipinski definition) is 4. The molecular formula is C19H23ClN2OS. The Morgan fingerprint density at radius 2 is 1.96 bits per heavy atom. The number of likely N-dealkylation sites (N-methyl/N-ethyl adjacent to an activating group) is 1. The third-order valence-corrected chi connectivity index (χ3v) is 6.30. The molecule has 3 heterocycles. The molecule has 0 N–H and O–H groups in total. The molecule has 1 unspecified atom stereocenters. The van der Waals surface area contributed by atoms with Crippen LogP contribution in [0.4, 0.5) is 0 Å². The van der Waals surface area contributed by atoms with Gasteiger partial charge in [-0.05, 0) is 36.4 Å². The highest BCUT2D eigenvalue weighted by atomic mass is 35.5. The van der Waals surface area contributed by atoms with E-state index in [1.54, 1.807) is 0 Å². The minimum Gasteiger partial charge on any atom is -0.379 e. The average Bonchev–Trinajstić information content (AvgIpc) is 2.98.